The first-order chi connectivity index (χ1) is 16.4. The number of amides is 2. The van der Waals surface area contributed by atoms with Gasteiger partial charge in [-0.05, 0) is 19.1 Å². The Kier molecular flexibility index (Phi) is 6.18. The van der Waals surface area contributed by atoms with E-state index in [1.807, 2.05) is 25.1 Å². The molecule has 5 rings (SSSR count). The maximum atomic E-state index is 13.0. The number of nitrogens with zero attached hydrogens (tertiary/aromatic N) is 5. The summed E-state index contributed by atoms with van der Waals surface area (Å²) in [6.45, 7) is 2.23. The molecule has 0 unspecified atom stereocenters. The van der Waals surface area contributed by atoms with Crippen LogP contribution in [-0.2, 0) is 0 Å². The van der Waals surface area contributed by atoms with E-state index in [-0.39, 0.29) is 17.5 Å². The fourth-order valence-electron chi connectivity index (χ4n) is 3.07. The number of aromatic nitrogens is 2. The van der Waals surface area contributed by atoms with Crippen LogP contribution < -0.4 is 14.9 Å². The fourth-order valence-corrected chi connectivity index (χ4v) is 3.07. The first-order valence-corrected chi connectivity index (χ1v) is 9.87. The van der Waals surface area contributed by atoms with Crippen LogP contribution in [-0.4, -0.2) is 45.8 Å². The Labute approximate surface area is 192 Å². The third-order valence-electron chi connectivity index (χ3n) is 4.57. The molecule has 1 aromatic carbocycles. The van der Waals surface area contributed by atoms with Crippen molar-refractivity contribution in [3.63, 3.8) is 0 Å². The molecule has 0 fully saturated rings. The summed E-state index contributed by atoms with van der Waals surface area (Å²) in [4.78, 5) is 18.0. The number of hydrogen-bond acceptors (Lipinski definition) is 7. The molecule has 0 bridgehead atoms. The number of nitrogens with one attached hydrogen (secondary N) is 2. The zero-order valence-corrected chi connectivity index (χ0v) is 17.7. The van der Waals surface area contributed by atoms with Crippen molar-refractivity contribution in [1.82, 2.24) is 20.4 Å². The number of ether oxygens (including phenoxy) is 2. The summed E-state index contributed by atoms with van der Waals surface area (Å²) >= 11 is 0. The third-order valence-corrected chi connectivity index (χ3v) is 4.57. The SMILES string of the molecule is CC1=NNC(=O)N(/N=C/c2cccnc2)C1.N#Cc1c[nH]cc1-c1cccc2c1OC(F)(F)O2. The van der Waals surface area contributed by atoms with Gasteiger partial charge in [0, 0.05) is 41.5 Å². The van der Waals surface area contributed by atoms with E-state index in [1.54, 1.807) is 36.9 Å². The Hall–Kier alpha value is -4.79. The highest BCUT2D eigenvalue weighted by molar-refractivity contribution is 5.92. The molecule has 0 radical (unpaired) electrons. The van der Waals surface area contributed by atoms with Crippen LogP contribution in [0.4, 0.5) is 13.6 Å². The summed E-state index contributed by atoms with van der Waals surface area (Å²) in [5.74, 6) is -0.0961. The molecule has 3 aromatic rings. The van der Waals surface area contributed by atoms with Crippen LogP contribution in [0, 0.1) is 11.3 Å². The molecule has 10 nitrogen and oxygen atoms in total. The number of carbonyl (C=O) groups excluding carboxylic acids is 1. The molecule has 0 aliphatic carbocycles. The molecular weight excluding hydrogens is 448 g/mol. The average Bonchev–Trinajstić information content (AvgIpc) is 3.43. The van der Waals surface area contributed by atoms with Crippen LogP contribution in [0.25, 0.3) is 11.1 Å². The van der Waals surface area contributed by atoms with Crippen LogP contribution >= 0.6 is 0 Å². The second-order valence-electron chi connectivity index (χ2n) is 7.05. The van der Waals surface area contributed by atoms with Gasteiger partial charge in [-0.2, -0.15) is 15.5 Å². The molecular formula is C22H17F2N7O3. The van der Waals surface area contributed by atoms with Crippen LogP contribution in [0.2, 0.25) is 0 Å². The van der Waals surface area contributed by atoms with E-state index in [0.29, 0.717) is 23.2 Å². The predicted molar refractivity (Wildman–Crippen MR) is 117 cm³/mol. The molecule has 2 aliphatic rings. The summed E-state index contributed by atoms with van der Waals surface area (Å²) in [6.07, 6.45) is 4.32. The third kappa shape index (κ3) is 4.99. The number of benzene rings is 1. The summed E-state index contributed by atoms with van der Waals surface area (Å²) in [5, 5.41) is 18.1. The summed E-state index contributed by atoms with van der Waals surface area (Å²) in [6, 6.07) is 9.85. The number of alkyl halides is 2. The topological polar surface area (TPSA) is 128 Å². The van der Waals surface area contributed by atoms with Crippen molar-refractivity contribution in [1.29, 1.82) is 5.26 Å². The first-order valence-electron chi connectivity index (χ1n) is 9.87. The van der Waals surface area contributed by atoms with Crippen molar-refractivity contribution in [2.45, 2.75) is 13.2 Å². The highest BCUT2D eigenvalue weighted by atomic mass is 19.3. The number of halogens is 2. The van der Waals surface area contributed by atoms with E-state index in [2.05, 4.69) is 35.1 Å². The number of H-pyrrole nitrogens is 1. The monoisotopic (exact) mass is 465 g/mol. The van der Waals surface area contributed by atoms with E-state index in [9.17, 15) is 13.6 Å². The lowest BCUT2D eigenvalue weighted by atomic mass is 10.0. The Morgan fingerprint density at radius 3 is 2.85 bits per heavy atom. The van der Waals surface area contributed by atoms with E-state index in [0.717, 1.165) is 11.3 Å². The lowest BCUT2D eigenvalue weighted by Gasteiger charge is -2.20. The molecule has 0 atom stereocenters. The van der Waals surface area contributed by atoms with Gasteiger partial charge in [0.05, 0.1) is 24.0 Å². The van der Waals surface area contributed by atoms with Crippen molar-refractivity contribution >= 4 is 18.0 Å². The number of fused-ring (bicyclic) bond motifs is 1. The summed E-state index contributed by atoms with van der Waals surface area (Å²) in [5.41, 5.74) is 5.25. The van der Waals surface area contributed by atoms with Gasteiger partial charge in [-0.3, -0.25) is 4.98 Å². The minimum atomic E-state index is -3.67. The van der Waals surface area contributed by atoms with Crippen LogP contribution in [0.3, 0.4) is 0 Å². The second kappa shape index (κ2) is 9.37. The van der Waals surface area contributed by atoms with E-state index < -0.39 is 6.29 Å². The van der Waals surface area contributed by atoms with Gasteiger partial charge >= 0.3 is 12.3 Å². The standard InChI is InChI=1S/C12H6F2N2O2.C10H11N5O/c13-12(14)17-10-3-1-2-8(11(10)18-12)9-6-16-5-7(9)4-15;1-8-7-15(10(16)14-13-8)12-6-9-3-2-4-11-5-9/h1-3,5-6,16H;2-6H,7H2,1H3,(H,14,16)/b;12-6+. The molecule has 172 valence electrons. The Bertz CT molecular complexity index is 1300. The first kappa shape index (κ1) is 22.4. The maximum absolute atomic E-state index is 13.0. The molecule has 2 N–H and O–H groups in total. The van der Waals surface area contributed by atoms with Crippen molar-refractivity contribution in [2.24, 2.45) is 10.2 Å². The Morgan fingerprint density at radius 2 is 2.09 bits per heavy atom. The van der Waals surface area contributed by atoms with Gasteiger partial charge in [0.2, 0.25) is 0 Å². The number of para-hydroxylation sites is 1. The molecule has 0 spiro atoms. The molecule has 4 heterocycles. The second-order valence-corrected chi connectivity index (χ2v) is 7.05. The number of rotatable bonds is 3. The smallest absolute Gasteiger partial charge is 0.395 e. The van der Waals surface area contributed by atoms with Gasteiger partial charge in [-0.15, -0.1) is 8.78 Å². The molecule has 2 aliphatic heterocycles. The minimum absolute atomic E-state index is 0.0393. The number of carbonyl (C=O) groups is 1. The zero-order chi connectivity index (χ0) is 24.1. The highest BCUT2D eigenvalue weighted by Crippen LogP contribution is 2.47. The van der Waals surface area contributed by atoms with Gasteiger partial charge < -0.3 is 14.5 Å². The number of pyridine rings is 1. The van der Waals surface area contributed by atoms with Crippen LogP contribution in [0.5, 0.6) is 11.5 Å². The maximum Gasteiger partial charge on any atom is 0.586 e. The Balaban J connectivity index is 0.000000162. The zero-order valence-electron chi connectivity index (χ0n) is 17.7. The number of hydrogen-bond donors (Lipinski definition) is 2. The van der Waals surface area contributed by atoms with E-state index in [4.69, 9.17) is 5.26 Å². The van der Waals surface area contributed by atoms with Gasteiger partial charge in [0.15, 0.2) is 11.5 Å². The lowest BCUT2D eigenvalue weighted by Crippen LogP contribution is -2.42. The normalized spacial score (nSPS) is 15.8. The number of nitriles is 1. The average molecular weight is 465 g/mol. The van der Waals surface area contributed by atoms with Crippen molar-refractivity contribution in [3.05, 3.63) is 66.2 Å². The van der Waals surface area contributed by atoms with Crippen molar-refractivity contribution < 1.29 is 23.0 Å². The molecule has 0 saturated carbocycles. The summed E-state index contributed by atoms with van der Waals surface area (Å²) < 4.78 is 34.9. The van der Waals surface area contributed by atoms with Gasteiger partial charge in [0.1, 0.15) is 6.07 Å². The predicted octanol–water partition coefficient (Wildman–Crippen LogP) is 3.69. The van der Waals surface area contributed by atoms with Crippen molar-refractivity contribution in [2.75, 3.05) is 6.54 Å². The lowest BCUT2D eigenvalue weighted by molar-refractivity contribution is -0.286. The summed E-state index contributed by atoms with van der Waals surface area (Å²) in [7, 11) is 0. The molecule has 34 heavy (non-hydrogen) atoms. The van der Waals surface area contributed by atoms with Gasteiger partial charge in [-0.1, -0.05) is 18.2 Å². The fraction of sp³-hybridized carbons (Fsp3) is 0.136. The largest absolute Gasteiger partial charge is 0.586 e. The van der Waals surface area contributed by atoms with Gasteiger partial charge in [-0.25, -0.2) is 15.2 Å². The van der Waals surface area contributed by atoms with Crippen LogP contribution in [0.1, 0.15) is 18.1 Å². The Morgan fingerprint density at radius 1 is 1.24 bits per heavy atom. The number of urea groups is 1. The quantitative estimate of drug-likeness (QED) is 0.570. The van der Waals surface area contributed by atoms with Gasteiger partial charge in [0.25, 0.3) is 0 Å². The highest BCUT2D eigenvalue weighted by Gasteiger charge is 2.44. The van der Waals surface area contributed by atoms with E-state index in [1.165, 1.54) is 17.3 Å². The molecule has 2 aromatic heterocycles. The van der Waals surface area contributed by atoms with Crippen LogP contribution in [0.15, 0.2) is 65.3 Å². The molecule has 12 heteroatoms. The minimum Gasteiger partial charge on any atom is -0.395 e. The number of aromatic amines is 1. The number of hydrazone groups is 2. The van der Waals surface area contributed by atoms with E-state index >= 15 is 0 Å². The van der Waals surface area contributed by atoms with Crippen molar-refractivity contribution in [3.8, 4) is 28.7 Å². The molecule has 2 amide bonds. The molecule has 0 saturated heterocycles.